The molecule has 1 saturated heterocycles. The molecule has 3 rings (SSSR count). The Hall–Kier alpha value is -1.17. The number of likely N-dealkylation sites (tertiary alicyclic amines) is 1. The Kier molecular flexibility index (Phi) is 3.92. The van der Waals surface area contributed by atoms with Gasteiger partial charge in [0.25, 0.3) is 5.69 Å². The Morgan fingerprint density at radius 3 is 2.90 bits per heavy atom. The number of nitrogens with one attached hydrogen (secondary N) is 1. The van der Waals surface area contributed by atoms with E-state index in [0.717, 1.165) is 25.6 Å². The third kappa shape index (κ3) is 3.11. The van der Waals surface area contributed by atoms with E-state index < -0.39 is 0 Å². The summed E-state index contributed by atoms with van der Waals surface area (Å²) in [6, 6.07) is 6.10. The van der Waals surface area contributed by atoms with Crippen molar-refractivity contribution in [1.29, 1.82) is 0 Å². The molecule has 0 aromatic heterocycles. The van der Waals surface area contributed by atoms with Crippen LogP contribution in [0.1, 0.15) is 24.8 Å². The van der Waals surface area contributed by atoms with E-state index in [0.29, 0.717) is 23.2 Å². The Labute approximate surface area is 123 Å². The standard InChI is InChI=1S/C14H18ClN3O2/c15-11-2-1-10(14(7-11)18(19)20)8-16-12-5-6-17(9-12)13-3-4-13/h1-2,7,12-13,16H,3-6,8-9H2. The molecule has 0 spiro atoms. The molecule has 2 aliphatic rings. The lowest BCUT2D eigenvalue weighted by Crippen LogP contribution is -2.33. The largest absolute Gasteiger partial charge is 0.308 e. The molecule has 0 radical (unpaired) electrons. The van der Waals surface area contributed by atoms with E-state index in [4.69, 9.17) is 11.6 Å². The van der Waals surface area contributed by atoms with Gasteiger partial charge in [-0.25, -0.2) is 0 Å². The molecule has 20 heavy (non-hydrogen) atoms. The summed E-state index contributed by atoms with van der Waals surface area (Å²) in [5, 5.41) is 14.9. The van der Waals surface area contributed by atoms with Gasteiger partial charge in [-0.1, -0.05) is 11.6 Å². The van der Waals surface area contributed by atoms with Gasteiger partial charge in [0.2, 0.25) is 0 Å². The molecule has 1 unspecified atom stereocenters. The first-order valence-electron chi connectivity index (χ1n) is 7.04. The van der Waals surface area contributed by atoms with E-state index in [1.165, 1.54) is 18.9 Å². The minimum absolute atomic E-state index is 0.0991. The number of benzene rings is 1. The fourth-order valence-corrected chi connectivity index (χ4v) is 3.00. The zero-order valence-electron chi connectivity index (χ0n) is 11.2. The molecule has 1 heterocycles. The molecule has 108 valence electrons. The fourth-order valence-electron chi connectivity index (χ4n) is 2.84. The van der Waals surface area contributed by atoms with Crippen LogP contribution in [0.15, 0.2) is 18.2 Å². The van der Waals surface area contributed by atoms with E-state index in [2.05, 4.69) is 10.2 Å². The highest BCUT2D eigenvalue weighted by atomic mass is 35.5. The molecule has 1 aromatic rings. The molecule has 1 atom stereocenters. The lowest BCUT2D eigenvalue weighted by atomic mass is 10.1. The molecule has 1 aromatic carbocycles. The second kappa shape index (κ2) is 5.68. The van der Waals surface area contributed by atoms with Crippen LogP contribution < -0.4 is 5.32 Å². The number of hydrogen-bond donors (Lipinski definition) is 1. The second-order valence-electron chi connectivity index (χ2n) is 5.62. The van der Waals surface area contributed by atoms with Crippen molar-refractivity contribution in [3.05, 3.63) is 38.9 Å². The monoisotopic (exact) mass is 295 g/mol. The Bertz CT molecular complexity index is 519. The fraction of sp³-hybridized carbons (Fsp3) is 0.571. The summed E-state index contributed by atoms with van der Waals surface area (Å²) >= 11 is 5.82. The van der Waals surface area contributed by atoms with Crippen LogP contribution in [0.2, 0.25) is 5.02 Å². The van der Waals surface area contributed by atoms with Crippen molar-refractivity contribution >= 4 is 17.3 Å². The first-order chi connectivity index (χ1) is 9.63. The van der Waals surface area contributed by atoms with Crippen molar-refractivity contribution in [3.63, 3.8) is 0 Å². The maximum Gasteiger partial charge on any atom is 0.275 e. The van der Waals surface area contributed by atoms with Crippen LogP contribution in [-0.2, 0) is 6.54 Å². The van der Waals surface area contributed by atoms with Crippen LogP contribution in [0.25, 0.3) is 0 Å². The van der Waals surface area contributed by atoms with Crippen LogP contribution in [-0.4, -0.2) is 35.0 Å². The molecule has 1 aliphatic carbocycles. The van der Waals surface area contributed by atoms with Gasteiger partial charge in [0.15, 0.2) is 0 Å². The number of rotatable bonds is 5. The van der Waals surface area contributed by atoms with Crippen LogP contribution in [0, 0.1) is 10.1 Å². The summed E-state index contributed by atoms with van der Waals surface area (Å²) in [5.74, 6) is 0. The summed E-state index contributed by atoms with van der Waals surface area (Å²) in [6.07, 6.45) is 3.78. The van der Waals surface area contributed by atoms with Crippen LogP contribution >= 0.6 is 11.6 Å². The summed E-state index contributed by atoms with van der Waals surface area (Å²) < 4.78 is 0. The summed E-state index contributed by atoms with van der Waals surface area (Å²) in [7, 11) is 0. The van der Waals surface area contributed by atoms with Crippen LogP contribution in [0.4, 0.5) is 5.69 Å². The maximum absolute atomic E-state index is 11.0. The van der Waals surface area contributed by atoms with E-state index in [1.807, 2.05) is 0 Å². The Morgan fingerprint density at radius 1 is 1.40 bits per heavy atom. The smallest absolute Gasteiger partial charge is 0.275 e. The van der Waals surface area contributed by atoms with E-state index in [1.54, 1.807) is 12.1 Å². The maximum atomic E-state index is 11.0. The SMILES string of the molecule is O=[N+]([O-])c1cc(Cl)ccc1CNC1CCN(C2CC2)C1. The number of nitrogens with zero attached hydrogens (tertiary/aromatic N) is 2. The quantitative estimate of drug-likeness (QED) is 0.670. The van der Waals surface area contributed by atoms with Crippen molar-refractivity contribution in [3.8, 4) is 0 Å². The topological polar surface area (TPSA) is 58.4 Å². The summed E-state index contributed by atoms with van der Waals surface area (Å²) in [4.78, 5) is 13.2. The Morgan fingerprint density at radius 2 is 2.20 bits per heavy atom. The molecule has 1 N–H and O–H groups in total. The molecule has 0 bridgehead atoms. The van der Waals surface area contributed by atoms with E-state index in [9.17, 15) is 10.1 Å². The van der Waals surface area contributed by atoms with Gasteiger partial charge in [-0.2, -0.15) is 0 Å². The van der Waals surface area contributed by atoms with Gasteiger partial charge in [-0.3, -0.25) is 15.0 Å². The highest BCUT2D eigenvalue weighted by molar-refractivity contribution is 6.30. The highest BCUT2D eigenvalue weighted by Crippen LogP contribution is 2.30. The zero-order chi connectivity index (χ0) is 14.1. The van der Waals surface area contributed by atoms with Gasteiger partial charge in [0, 0.05) is 48.4 Å². The predicted octanol–water partition coefficient (Wildman–Crippen LogP) is 2.57. The van der Waals surface area contributed by atoms with E-state index >= 15 is 0 Å². The van der Waals surface area contributed by atoms with Crippen LogP contribution in [0.3, 0.4) is 0 Å². The number of nitro benzene ring substituents is 1. The molecule has 1 aliphatic heterocycles. The van der Waals surface area contributed by atoms with Gasteiger partial charge < -0.3 is 5.32 Å². The third-order valence-electron chi connectivity index (χ3n) is 4.11. The lowest BCUT2D eigenvalue weighted by Gasteiger charge is -2.15. The number of hydrogen-bond acceptors (Lipinski definition) is 4. The van der Waals surface area contributed by atoms with Gasteiger partial charge in [-0.05, 0) is 31.4 Å². The summed E-state index contributed by atoms with van der Waals surface area (Å²) in [5.41, 5.74) is 0.798. The molecule has 2 fully saturated rings. The number of nitro groups is 1. The van der Waals surface area contributed by atoms with Gasteiger partial charge in [-0.15, -0.1) is 0 Å². The van der Waals surface area contributed by atoms with Crippen molar-refractivity contribution in [2.45, 2.75) is 37.9 Å². The van der Waals surface area contributed by atoms with Crippen molar-refractivity contribution < 1.29 is 4.92 Å². The third-order valence-corrected chi connectivity index (χ3v) is 4.34. The highest BCUT2D eigenvalue weighted by Gasteiger charge is 2.34. The molecule has 5 nitrogen and oxygen atoms in total. The van der Waals surface area contributed by atoms with E-state index in [-0.39, 0.29) is 10.6 Å². The lowest BCUT2D eigenvalue weighted by molar-refractivity contribution is -0.385. The van der Waals surface area contributed by atoms with Gasteiger partial charge in [0.05, 0.1) is 4.92 Å². The first-order valence-corrected chi connectivity index (χ1v) is 7.41. The molecule has 6 heteroatoms. The van der Waals surface area contributed by atoms with Gasteiger partial charge >= 0.3 is 0 Å². The first kappa shape index (κ1) is 13.8. The predicted molar refractivity (Wildman–Crippen MR) is 77.9 cm³/mol. The average Bonchev–Trinajstić information content (AvgIpc) is 3.17. The molecular weight excluding hydrogens is 278 g/mol. The number of halogens is 1. The van der Waals surface area contributed by atoms with Crippen molar-refractivity contribution in [2.75, 3.05) is 13.1 Å². The molecule has 0 amide bonds. The van der Waals surface area contributed by atoms with Gasteiger partial charge in [0.1, 0.15) is 0 Å². The van der Waals surface area contributed by atoms with Crippen LogP contribution in [0.5, 0.6) is 0 Å². The molecule has 1 saturated carbocycles. The zero-order valence-corrected chi connectivity index (χ0v) is 12.0. The normalized spacial score (nSPS) is 23.1. The minimum atomic E-state index is -0.367. The molecular formula is C14H18ClN3O2. The average molecular weight is 296 g/mol. The van der Waals surface area contributed by atoms with Crippen molar-refractivity contribution in [2.24, 2.45) is 0 Å². The minimum Gasteiger partial charge on any atom is -0.308 e. The van der Waals surface area contributed by atoms with Crippen molar-refractivity contribution in [1.82, 2.24) is 10.2 Å². The Balaban J connectivity index is 1.59. The summed E-state index contributed by atoms with van der Waals surface area (Å²) in [6.45, 7) is 2.73. The second-order valence-corrected chi connectivity index (χ2v) is 6.06.